The Kier molecular flexibility index (Phi) is 4.06. The predicted octanol–water partition coefficient (Wildman–Crippen LogP) is 3.32. The summed E-state index contributed by atoms with van der Waals surface area (Å²) in [5, 5.41) is 12.6. The molecule has 2 aromatic rings. The molecule has 0 N–H and O–H groups in total. The van der Waals surface area contributed by atoms with E-state index in [0.29, 0.717) is 27.4 Å². The topological polar surface area (TPSA) is 73.8 Å². The van der Waals surface area contributed by atoms with Crippen molar-refractivity contribution in [1.82, 2.24) is 14.5 Å². The van der Waals surface area contributed by atoms with Crippen molar-refractivity contribution in [2.24, 2.45) is 0 Å². The monoisotopic (exact) mass is 298 g/mol. The lowest BCUT2D eigenvalue weighted by Gasteiger charge is -2.00. The maximum absolute atomic E-state index is 11.1. The Labute approximate surface area is 119 Å². The third-order valence-corrected chi connectivity index (χ3v) is 3.63. The molecule has 6 nitrogen and oxygen atoms in total. The van der Waals surface area contributed by atoms with E-state index in [1.165, 1.54) is 6.20 Å². The lowest BCUT2D eigenvalue weighted by Crippen LogP contribution is -2.02. The highest BCUT2D eigenvalue weighted by atomic mass is 35.5. The van der Waals surface area contributed by atoms with Gasteiger partial charge in [-0.3, -0.25) is 0 Å². The molecular weight excluding hydrogens is 288 g/mol. The molecule has 0 aliphatic carbocycles. The van der Waals surface area contributed by atoms with Gasteiger partial charge in [0.1, 0.15) is 5.03 Å². The number of hydrogen-bond donors (Lipinski definition) is 0. The summed E-state index contributed by atoms with van der Waals surface area (Å²) >= 11 is 6.91. The SMILES string of the molecule is CCn1c(C)nc(Sc2ccc(Cl)cn2)c1[N+](=O)[O-]. The minimum atomic E-state index is -0.415. The zero-order valence-electron chi connectivity index (χ0n) is 10.3. The van der Waals surface area contributed by atoms with Crippen LogP contribution >= 0.6 is 23.4 Å². The average molecular weight is 299 g/mol. The maximum atomic E-state index is 11.1. The number of nitrogens with zero attached hydrogens (tertiary/aromatic N) is 4. The molecule has 0 spiro atoms. The second kappa shape index (κ2) is 5.58. The predicted molar refractivity (Wildman–Crippen MR) is 72.7 cm³/mol. The summed E-state index contributed by atoms with van der Waals surface area (Å²) in [6.45, 7) is 4.09. The maximum Gasteiger partial charge on any atom is 0.357 e. The molecule has 2 heterocycles. The molecule has 0 radical (unpaired) electrons. The van der Waals surface area contributed by atoms with E-state index in [0.717, 1.165) is 11.8 Å². The molecule has 2 rings (SSSR count). The molecule has 0 aliphatic rings. The minimum Gasteiger partial charge on any atom is -0.358 e. The van der Waals surface area contributed by atoms with Crippen molar-refractivity contribution >= 4 is 29.2 Å². The van der Waals surface area contributed by atoms with Crippen LogP contribution in [0.25, 0.3) is 0 Å². The second-order valence-electron chi connectivity index (χ2n) is 3.71. The molecule has 8 heteroatoms. The molecule has 0 fully saturated rings. The highest BCUT2D eigenvalue weighted by molar-refractivity contribution is 7.99. The quantitative estimate of drug-likeness (QED) is 0.639. The number of hydrogen-bond acceptors (Lipinski definition) is 5. The first-order valence-electron chi connectivity index (χ1n) is 5.53. The summed E-state index contributed by atoms with van der Waals surface area (Å²) in [5.41, 5.74) is 0. The van der Waals surface area contributed by atoms with E-state index in [2.05, 4.69) is 9.97 Å². The first kappa shape index (κ1) is 13.8. The molecule has 0 atom stereocenters. The van der Waals surface area contributed by atoms with Crippen molar-refractivity contribution in [2.75, 3.05) is 0 Å². The van der Waals surface area contributed by atoms with Gasteiger partial charge in [0.2, 0.25) is 5.03 Å². The van der Waals surface area contributed by atoms with Crippen molar-refractivity contribution in [3.8, 4) is 0 Å². The summed E-state index contributed by atoms with van der Waals surface area (Å²) in [5.74, 6) is 0.618. The number of aromatic nitrogens is 3. The molecule has 0 saturated heterocycles. The zero-order chi connectivity index (χ0) is 14.0. The number of halogens is 1. The van der Waals surface area contributed by atoms with Gasteiger partial charge in [-0.2, -0.15) is 4.98 Å². The van der Waals surface area contributed by atoms with Crippen LogP contribution in [0.1, 0.15) is 12.7 Å². The van der Waals surface area contributed by atoms with Crippen molar-refractivity contribution in [3.05, 3.63) is 39.3 Å². The Balaban J connectivity index is 2.39. The van der Waals surface area contributed by atoms with Crippen LogP contribution in [0, 0.1) is 17.0 Å². The van der Waals surface area contributed by atoms with Gasteiger partial charge in [-0.1, -0.05) is 11.6 Å². The van der Waals surface area contributed by atoms with Crippen molar-refractivity contribution < 1.29 is 4.92 Å². The molecule has 19 heavy (non-hydrogen) atoms. The third-order valence-electron chi connectivity index (χ3n) is 2.49. The first-order valence-corrected chi connectivity index (χ1v) is 6.73. The summed E-state index contributed by atoms with van der Waals surface area (Å²) in [6.07, 6.45) is 1.50. The van der Waals surface area contributed by atoms with E-state index < -0.39 is 4.92 Å². The Morgan fingerprint density at radius 2 is 2.26 bits per heavy atom. The van der Waals surface area contributed by atoms with Crippen LogP contribution in [0.2, 0.25) is 5.02 Å². The molecule has 0 aliphatic heterocycles. The van der Waals surface area contributed by atoms with Crippen LogP contribution < -0.4 is 0 Å². The molecule has 2 aromatic heterocycles. The van der Waals surface area contributed by atoms with Crippen LogP contribution in [0.4, 0.5) is 5.82 Å². The number of aryl methyl sites for hydroxylation is 1. The summed E-state index contributed by atoms with van der Waals surface area (Å²) in [4.78, 5) is 19.1. The van der Waals surface area contributed by atoms with Crippen molar-refractivity contribution in [2.45, 2.75) is 30.4 Å². The molecule has 0 unspecified atom stereocenters. The van der Waals surface area contributed by atoms with E-state index in [1.54, 1.807) is 23.6 Å². The van der Waals surface area contributed by atoms with Gasteiger partial charge in [0.25, 0.3) is 0 Å². The summed E-state index contributed by atoms with van der Waals surface area (Å²) in [7, 11) is 0. The van der Waals surface area contributed by atoms with Gasteiger partial charge in [-0.15, -0.1) is 0 Å². The van der Waals surface area contributed by atoms with E-state index in [-0.39, 0.29) is 5.82 Å². The number of rotatable bonds is 4. The smallest absolute Gasteiger partial charge is 0.357 e. The largest absolute Gasteiger partial charge is 0.358 e. The van der Waals surface area contributed by atoms with Crippen LogP contribution in [0.5, 0.6) is 0 Å². The van der Waals surface area contributed by atoms with E-state index in [9.17, 15) is 10.1 Å². The fraction of sp³-hybridized carbons (Fsp3) is 0.273. The Bertz CT molecular complexity index is 612. The average Bonchev–Trinajstić information content (AvgIpc) is 2.68. The fourth-order valence-corrected chi connectivity index (χ4v) is 2.68. The lowest BCUT2D eigenvalue weighted by molar-refractivity contribution is -0.395. The Morgan fingerprint density at radius 1 is 1.53 bits per heavy atom. The molecule has 100 valence electrons. The molecule has 0 saturated carbocycles. The van der Waals surface area contributed by atoms with Crippen LogP contribution in [-0.4, -0.2) is 19.5 Å². The number of pyridine rings is 1. The van der Waals surface area contributed by atoms with Crippen LogP contribution in [0.3, 0.4) is 0 Å². The first-order chi connectivity index (χ1) is 9.02. The van der Waals surface area contributed by atoms with E-state index in [4.69, 9.17) is 11.6 Å². The second-order valence-corrected chi connectivity index (χ2v) is 5.15. The highest BCUT2D eigenvalue weighted by Crippen LogP contribution is 2.34. The van der Waals surface area contributed by atoms with Gasteiger partial charge in [-0.25, -0.2) is 9.55 Å². The number of imidazole rings is 1. The fourth-order valence-electron chi connectivity index (χ4n) is 1.67. The molecule has 0 bridgehead atoms. The molecule has 0 amide bonds. The molecule has 0 aromatic carbocycles. The number of nitro groups is 1. The van der Waals surface area contributed by atoms with E-state index >= 15 is 0 Å². The Morgan fingerprint density at radius 3 is 2.79 bits per heavy atom. The Hall–Kier alpha value is -1.60. The van der Waals surface area contributed by atoms with Crippen LogP contribution in [-0.2, 0) is 6.54 Å². The van der Waals surface area contributed by atoms with Crippen LogP contribution in [0.15, 0.2) is 28.4 Å². The summed E-state index contributed by atoms with van der Waals surface area (Å²) in [6, 6.07) is 3.39. The van der Waals surface area contributed by atoms with Gasteiger partial charge >= 0.3 is 5.82 Å². The van der Waals surface area contributed by atoms with Gasteiger partial charge in [0, 0.05) is 13.1 Å². The third kappa shape index (κ3) is 2.87. The van der Waals surface area contributed by atoms with Gasteiger partial charge in [0.15, 0.2) is 5.82 Å². The summed E-state index contributed by atoms with van der Waals surface area (Å²) < 4.78 is 1.57. The van der Waals surface area contributed by atoms with Crippen molar-refractivity contribution in [1.29, 1.82) is 0 Å². The van der Waals surface area contributed by atoms with Gasteiger partial charge < -0.3 is 10.1 Å². The normalized spacial score (nSPS) is 10.7. The highest BCUT2D eigenvalue weighted by Gasteiger charge is 2.25. The van der Waals surface area contributed by atoms with E-state index in [1.807, 2.05) is 6.92 Å². The van der Waals surface area contributed by atoms with Gasteiger partial charge in [-0.05, 0) is 35.7 Å². The molecular formula is C11H11ClN4O2S. The standard InChI is InChI=1S/C11H11ClN4O2S/c1-3-15-7(2)14-10(11(15)16(17)18)19-9-5-4-8(12)6-13-9/h4-6H,3H2,1-2H3. The lowest BCUT2D eigenvalue weighted by atomic mass is 10.5. The zero-order valence-corrected chi connectivity index (χ0v) is 11.9. The minimum absolute atomic E-state index is 0.00162. The van der Waals surface area contributed by atoms with Crippen molar-refractivity contribution in [3.63, 3.8) is 0 Å². The van der Waals surface area contributed by atoms with Gasteiger partial charge in [0.05, 0.1) is 11.6 Å².